The van der Waals surface area contributed by atoms with Crippen LogP contribution in [0.25, 0.3) is 0 Å². The van der Waals surface area contributed by atoms with Crippen LogP contribution < -0.4 is 21.8 Å². The molecule has 1 saturated carbocycles. The van der Waals surface area contributed by atoms with Crippen molar-refractivity contribution < 1.29 is 9.44 Å². The molecule has 200 valence electrons. The highest BCUT2D eigenvalue weighted by atomic mass is 35.5. The van der Waals surface area contributed by atoms with Gasteiger partial charge in [-0.25, -0.2) is 5.84 Å². The van der Waals surface area contributed by atoms with Gasteiger partial charge in [-0.3, -0.25) is 4.79 Å². The average molecular weight is 540 g/mol. The Morgan fingerprint density at radius 3 is 2.64 bits per heavy atom. The van der Waals surface area contributed by atoms with E-state index < -0.39 is 10.7 Å². The van der Waals surface area contributed by atoms with Gasteiger partial charge >= 0.3 is 0 Å². The fourth-order valence-corrected chi connectivity index (χ4v) is 5.78. The van der Waals surface area contributed by atoms with E-state index >= 15 is 0 Å². The van der Waals surface area contributed by atoms with E-state index in [2.05, 4.69) is 31.0 Å². The van der Waals surface area contributed by atoms with Crippen LogP contribution in [0.4, 0.5) is 5.69 Å². The minimum absolute atomic E-state index is 0.0216. The third-order valence-corrected chi connectivity index (χ3v) is 8.62. The van der Waals surface area contributed by atoms with Gasteiger partial charge in [0.15, 0.2) is 6.04 Å². The maximum atomic E-state index is 14.1. The Hall–Kier alpha value is -1.71. The van der Waals surface area contributed by atoms with E-state index in [1.165, 1.54) is 0 Å². The summed E-state index contributed by atoms with van der Waals surface area (Å²) in [5, 5.41) is 19.9. The monoisotopic (exact) mass is 538 g/mol. The molecule has 2 saturated heterocycles. The van der Waals surface area contributed by atoms with Gasteiger partial charge in [-0.15, -0.1) is 0 Å². The second-order valence-corrected chi connectivity index (χ2v) is 12.6. The first-order valence-electron chi connectivity index (χ1n) is 13.0. The molecule has 0 bridgehead atoms. The number of anilines is 1. The molecule has 3 aliphatic rings. The van der Waals surface area contributed by atoms with Gasteiger partial charge in [0, 0.05) is 55.5 Å². The number of halogens is 2. The van der Waals surface area contributed by atoms with Crippen molar-refractivity contribution in [2.75, 3.05) is 31.1 Å². The number of amides is 1. The minimum Gasteiger partial charge on any atom is -0.632 e. The maximum Gasteiger partial charge on any atom is 0.278 e. The number of likely N-dealkylation sites (tertiary alicyclic amines) is 1. The first kappa shape index (κ1) is 27.3. The topological polar surface area (TPSA) is 111 Å². The summed E-state index contributed by atoms with van der Waals surface area (Å²) in [6.45, 7) is 8.35. The van der Waals surface area contributed by atoms with E-state index in [0.717, 1.165) is 43.6 Å². The molecule has 2 aliphatic heterocycles. The highest BCUT2D eigenvalue weighted by Crippen LogP contribution is 2.36. The molecule has 5 N–H and O–H groups in total. The summed E-state index contributed by atoms with van der Waals surface area (Å²) >= 11 is 12.2. The van der Waals surface area contributed by atoms with Gasteiger partial charge in [0.05, 0.1) is 22.6 Å². The summed E-state index contributed by atoms with van der Waals surface area (Å²) in [6.07, 6.45) is 6.09. The molecule has 0 aromatic heterocycles. The van der Waals surface area contributed by atoms with Crippen molar-refractivity contribution in [2.45, 2.75) is 71.0 Å². The zero-order valence-corrected chi connectivity index (χ0v) is 23.1. The summed E-state index contributed by atoms with van der Waals surface area (Å²) in [6, 6.07) is 4.66. The number of hydroxylamine groups is 3. The van der Waals surface area contributed by atoms with Crippen LogP contribution in [-0.2, 0) is 4.79 Å². The number of carbonyl (C=O) groups is 1. The molecule has 1 aliphatic carbocycles. The van der Waals surface area contributed by atoms with Gasteiger partial charge in [-0.05, 0) is 42.9 Å². The molecule has 10 heteroatoms. The zero-order chi connectivity index (χ0) is 26.3. The van der Waals surface area contributed by atoms with Crippen LogP contribution in [0.2, 0.25) is 10.0 Å². The second kappa shape index (κ2) is 10.6. The van der Waals surface area contributed by atoms with Crippen LogP contribution in [0, 0.1) is 16.5 Å². The van der Waals surface area contributed by atoms with Gasteiger partial charge in [-0.2, -0.15) is 0 Å². The van der Waals surface area contributed by atoms with Crippen molar-refractivity contribution in [1.82, 2.24) is 10.3 Å². The lowest BCUT2D eigenvalue weighted by Crippen LogP contribution is -2.62. The molecule has 4 rings (SSSR count). The molecule has 0 spiro atoms. The Bertz CT molecular complexity index is 995. The molecule has 2 heterocycles. The smallest absolute Gasteiger partial charge is 0.278 e. The predicted octanol–water partition coefficient (Wildman–Crippen LogP) is 3.97. The molecule has 1 aromatic carbocycles. The molecular weight excluding hydrogens is 499 g/mol. The number of hydrazine groups is 1. The van der Waals surface area contributed by atoms with Crippen molar-refractivity contribution in [2.24, 2.45) is 22.9 Å². The molecule has 1 aromatic rings. The lowest BCUT2D eigenvalue weighted by Gasteiger charge is -2.49. The number of hydrogen-bond donors (Lipinski definition) is 3. The van der Waals surface area contributed by atoms with E-state index in [9.17, 15) is 10.0 Å². The van der Waals surface area contributed by atoms with Crippen molar-refractivity contribution in [3.63, 3.8) is 0 Å². The standard InChI is InChI=1S/C26H40Cl2N6O2/c1-26(2,3)24(33(30)15-22(29)17-6-7-17)16-34(36)12-4-5-23(34)25(35)31-18-10-11-32(14-18)19-8-9-20(27)21(28)13-19/h8-9,13,15,17-18,23-24H,4-7,10-12,14,16,29-30H2,1-3H3,(H,31,35)/b22-15-/t18?,23-,24+,34?/m0/s1. The molecule has 36 heavy (non-hydrogen) atoms. The van der Waals surface area contributed by atoms with Crippen LogP contribution in [0.5, 0.6) is 0 Å². The Morgan fingerprint density at radius 1 is 1.28 bits per heavy atom. The fraction of sp³-hybridized carbons (Fsp3) is 0.654. The molecule has 3 fully saturated rings. The number of carbonyl (C=O) groups excluding carboxylic acids is 1. The first-order chi connectivity index (χ1) is 16.9. The van der Waals surface area contributed by atoms with Gasteiger partial charge < -0.3 is 30.8 Å². The van der Waals surface area contributed by atoms with E-state index in [1.807, 2.05) is 12.1 Å². The normalized spacial score (nSPS) is 27.9. The lowest BCUT2D eigenvalue weighted by atomic mass is 9.85. The predicted molar refractivity (Wildman–Crippen MR) is 146 cm³/mol. The van der Waals surface area contributed by atoms with Crippen LogP contribution in [0.15, 0.2) is 30.1 Å². The Balaban J connectivity index is 1.41. The number of quaternary nitrogens is 1. The van der Waals surface area contributed by atoms with Gasteiger partial charge in [0.2, 0.25) is 0 Å². The Kier molecular flexibility index (Phi) is 8.03. The molecule has 8 nitrogen and oxygen atoms in total. The average Bonchev–Trinajstić information content (AvgIpc) is 3.43. The molecule has 1 amide bonds. The summed E-state index contributed by atoms with van der Waals surface area (Å²) < 4.78 is -0.554. The third kappa shape index (κ3) is 6.22. The second-order valence-electron chi connectivity index (χ2n) is 11.8. The summed E-state index contributed by atoms with van der Waals surface area (Å²) in [5.41, 5.74) is 7.70. The van der Waals surface area contributed by atoms with E-state index in [4.69, 9.17) is 34.8 Å². The first-order valence-corrected chi connectivity index (χ1v) is 13.7. The zero-order valence-electron chi connectivity index (χ0n) is 21.6. The molecule has 4 atom stereocenters. The van der Waals surface area contributed by atoms with Crippen molar-refractivity contribution in [3.05, 3.63) is 45.3 Å². The number of allylic oxidation sites excluding steroid dienone is 1. The number of nitrogens with zero attached hydrogens (tertiary/aromatic N) is 3. The van der Waals surface area contributed by atoms with E-state index in [0.29, 0.717) is 35.5 Å². The summed E-state index contributed by atoms with van der Waals surface area (Å²) in [4.78, 5) is 15.6. The lowest BCUT2D eigenvalue weighted by molar-refractivity contribution is -0.886. The summed E-state index contributed by atoms with van der Waals surface area (Å²) in [5.74, 6) is 6.69. The Morgan fingerprint density at radius 2 is 2.00 bits per heavy atom. The third-order valence-electron chi connectivity index (χ3n) is 7.88. The Labute approximate surface area is 224 Å². The van der Waals surface area contributed by atoms with Crippen LogP contribution in [-0.4, -0.2) is 59.9 Å². The minimum atomic E-state index is -0.632. The van der Waals surface area contributed by atoms with Gasteiger partial charge in [0.25, 0.3) is 5.91 Å². The van der Waals surface area contributed by atoms with Gasteiger partial charge in [-0.1, -0.05) is 44.0 Å². The SMILES string of the molecule is CC(C)(C)[C@@H](C[N+]1([O-])CCC[C@H]1C(=O)NC1CCN(c2ccc(Cl)c(Cl)c2)C1)N(N)/C=C(\N)C1CC1. The summed E-state index contributed by atoms with van der Waals surface area (Å²) in [7, 11) is 0. The number of nitrogens with one attached hydrogen (secondary N) is 1. The van der Waals surface area contributed by atoms with Crippen molar-refractivity contribution >= 4 is 34.8 Å². The number of rotatable bonds is 8. The highest BCUT2D eigenvalue weighted by molar-refractivity contribution is 6.42. The number of nitrogens with two attached hydrogens (primary N) is 2. The molecular formula is C26H40Cl2N6O2. The largest absolute Gasteiger partial charge is 0.632 e. The maximum absolute atomic E-state index is 14.1. The molecule has 2 unspecified atom stereocenters. The van der Waals surface area contributed by atoms with Gasteiger partial charge in [0.1, 0.15) is 6.54 Å². The van der Waals surface area contributed by atoms with Crippen LogP contribution in [0.1, 0.15) is 52.9 Å². The fourth-order valence-electron chi connectivity index (χ4n) is 5.49. The highest BCUT2D eigenvalue weighted by Gasteiger charge is 2.45. The van der Waals surface area contributed by atoms with Crippen LogP contribution >= 0.6 is 23.2 Å². The van der Waals surface area contributed by atoms with E-state index in [-0.39, 0.29) is 30.0 Å². The number of benzene rings is 1. The molecule has 0 radical (unpaired) electrons. The quantitative estimate of drug-likeness (QED) is 0.200. The van der Waals surface area contributed by atoms with Crippen molar-refractivity contribution in [3.8, 4) is 0 Å². The van der Waals surface area contributed by atoms with E-state index in [1.54, 1.807) is 17.3 Å². The van der Waals surface area contributed by atoms with Crippen LogP contribution in [0.3, 0.4) is 0 Å². The number of hydrogen-bond acceptors (Lipinski definition) is 6. The van der Waals surface area contributed by atoms with Crippen molar-refractivity contribution in [1.29, 1.82) is 0 Å².